The summed E-state index contributed by atoms with van der Waals surface area (Å²) in [6.45, 7) is 1.12. The van der Waals surface area contributed by atoms with E-state index in [1.54, 1.807) is 11.8 Å². The molecule has 2 rings (SSSR count). The highest BCUT2D eigenvalue weighted by molar-refractivity contribution is 7.98. The highest BCUT2D eigenvalue weighted by atomic mass is 32.2. The Kier molecular flexibility index (Phi) is 8.18. The molecule has 0 aliphatic carbocycles. The van der Waals surface area contributed by atoms with Gasteiger partial charge in [-0.25, -0.2) is 0 Å². The molecule has 0 aromatic heterocycles. The predicted octanol–water partition coefficient (Wildman–Crippen LogP) is 1.22. The fourth-order valence-electron chi connectivity index (χ4n) is 2.61. The van der Waals surface area contributed by atoms with E-state index in [-0.39, 0.29) is 24.9 Å². The van der Waals surface area contributed by atoms with Gasteiger partial charge in [0.15, 0.2) is 13.1 Å². The summed E-state index contributed by atoms with van der Waals surface area (Å²) >= 11 is 1.59. The molecule has 0 aliphatic rings. The monoisotopic (exact) mass is 372 g/mol. The quantitative estimate of drug-likeness (QED) is 0.580. The van der Waals surface area contributed by atoms with Gasteiger partial charge in [-0.2, -0.15) is 0 Å². The maximum Gasteiger partial charge on any atom is 0.279 e. The summed E-state index contributed by atoms with van der Waals surface area (Å²) in [4.78, 5) is 26.1. The lowest BCUT2D eigenvalue weighted by Crippen LogP contribution is -3.11. The highest BCUT2D eigenvalue weighted by Crippen LogP contribution is 2.24. The van der Waals surface area contributed by atoms with Crippen LogP contribution < -0.4 is 15.5 Å². The van der Waals surface area contributed by atoms with Gasteiger partial charge in [-0.05, 0) is 30.4 Å². The minimum Gasteiger partial charge on any atom is -0.351 e. The minimum absolute atomic E-state index is 0.0456. The Morgan fingerprint density at radius 1 is 0.962 bits per heavy atom. The summed E-state index contributed by atoms with van der Waals surface area (Å²) in [5.41, 5.74) is 2.01. The van der Waals surface area contributed by atoms with Crippen LogP contribution in [0.2, 0.25) is 0 Å². The van der Waals surface area contributed by atoms with Crippen molar-refractivity contribution in [3.05, 3.63) is 60.2 Å². The third kappa shape index (κ3) is 6.90. The summed E-state index contributed by atoms with van der Waals surface area (Å²) in [5.74, 6) is -0.142. The Balaban J connectivity index is 1.70. The number of rotatable bonds is 9. The fourth-order valence-corrected chi connectivity index (χ4v) is 3.16. The van der Waals surface area contributed by atoms with Crippen LogP contribution in [0.4, 0.5) is 5.69 Å². The van der Waals surface area contributed by atoms with Gasteiger partial charge in [-0.1, -0.05) is 42.5 Å². The number of quaternary nitrogens is 1. The molecule has 0 heterocycles. The molecule has 0 bridgehead atoms. The molecule has 0 saturated carbocycles. The Hall–Kier alpha value is -2.31. The zero-order valence-electron chi connectivity index (χ0n) is 15.2. The minimum atomic E-state index is -0.0962. The molecular weight excluding hydrogens is 346 g/mol. The van der Waals surface area contributed by atoms with Crippen LogP contribution in [0.1, 0.15) is 5.56 Å². The average Bonchev–Trinajstić information content (AvgIpc) is 2.62. The number of carbonyl (C=O) groups excluding carboxylic acids is 2. The Bertz CT molecular complexity index is 722. The molecule has 1 atom stereocenters. The molecule has 0 saturated heterocycles. The number of nitrogens with one attached hydrogen (secondary N) is 3. The molecule has 2 aromatic rings. The lowest BCUT2D eigenvalue weighted by atomic mass is 10.1. The second-order valence-electron chi connectivity index (χ2n) is 6.14. The molecule has 2 aromatic carbocycles. The zero-order valence-corrected chi connectivity index (χ0v) is 16.1. The van der Waals surface area contributed by atoms with Crippen molar-refractivity contribution in [1.29, 1.82) is 0 Å². The average molecular weight is 373 g/mol. The lowest BCUT2D eigenvalue weighted by molar-refractivity contribution is -0.862. The van der Waals surface area contributed by atoms with Crippen molar-refractivity contribution >= 4 is 29.3 Å². The molecule has 2 amide bonds. The molecule has 3 N–H and O–H groups in total. The van der Waals surface area contributed by atoms with E-state index in [0.29, 0.717) is 6.54 Å². The summed E-state index contributed by atoms with van der Waals surface area (Å²) in [5, 5.41) is 5.83. The van der Waals surface area contributed by atoms with E-state index >= 15 is 0 Å². The first-order chi connectivity index (χ1) is 12.6. The number of amides is 2. The van der Waals surface area contributed by atoms with Gasteiger partial charge in [0.05, 0.1) is 12.7 Å². The van der Waals surface area contributed by atoms with E-state index in [9.17, 15) is 9.59 Å². The van der Waals surface area contributed by atoms with Crippen LogP contribution in [0.3, 0.4) is 0 Å². The molecule has 0 fully saturated rings. The molecule has 5 nitrogen and oxygen atoms in total. The van der Waals surface area contributed by atoms with Gasteiger partial charge in [0.2, 0.25) is 0 Å². The summed E-state index contributed by atoms with van der Waals surface area (Å²) in [6, 6.07) is 17.7. The van der Waals surface area contributed by atoms with Crippen molar-refractivity contribution in [2.75, 3.05) is 38.3 Å². The third-order valence-electron chi connectivity index (χ3n) is 3.88. The van der Waals surface area contributed by atoms with Crippen LogP contribution in [0.25, 0.3) is 0 Å². The SMILES string of the molecule is CSc1ccccc1NC(=O)C[NH+](C)CC(=O)NCCc1ccccc1. The van der Waals surface area contributed by atoms with Gasteiger partial charge in [0.1, 0.15) is 0 Å². The number of benzene rings is 2. The molecule has 6 heteroatoms. The van der Waals surface area contributed by atoms with E-state index in [1.165, 1.54) is 5.56 Å². The Morgan fingerprint density at radius 2 is 1.62 bits per heavy atom. The molecule has 0 aliphatic heterocycles. The van der Waals surface area contributed by atoms with Gasteiger partial charge in [-0.15, -0.1) is 11.8 Å². The second-order valence-corrected chi connectivity index (χ2v) is 6.99. The number of likely N-dealkylation sites (N-methyl/N-ethyl adjacent to an activating group) is 1. The van der Waals surface area contributed by atoms with Crippen LogP contribution in [0, 0.1) is 0 Å². The number of hydrogen-bond acceptors (Lipinski definition) is 3. The van der Waals surface area contributed by atoms with Crippen LogP contribution in [-0.2, 0) is 16.0 Å². The smallest absolute Gasteiger partial charge is 0.279 e. The van der Waals surface area contributed by atoms with E-state index in [2.05, 4.69) is 10.6 Å². The molecule has 1 unspecified atom stereocenters. The van der Waals surface area contributed by atoms with Gasteiger partial charge < -0.3 is 15.5 Å². The first-order valence-electron chi connectivity index (χ1n) is 8.63. The normalized spacial score (nSPS) is 11.6. The van der Waals surface area contributed by atoms with Crippen LogP contribution in [0.15, 0.2) is 59.5 Å². The van der Waals surface area contributed by atoms with Crippen molar-refractivity contribution in [2.45, 2.75) is 11.3 Å². The maximum absolute atomic E-state index is 12.2. The van der Waals surface area contributed by atoms with Crippen LogP contribution >= 0.6 is 11.8 Å². The van der Waals surface area contributed by atoms with Crippen molar-refractivity contribution in [2.24, 2.45) is 0 Å². The highest BCUT2D eigenvalue weighted by Gasteiger charge is 2.15. The van der Waals surface area contributed by atoms with Crippen molar-refractivity contribution in [3.63, 3.8) is 0 Å². The van der Waals surface area contributed by atoms with Crippen molar-refractivity contribution < 1.29 is 14.5 Å². The second kappa shape index (κ2) is 10.6. The van der Waals surface area contributed by atoms with Gasteiger partial charge in [0.25, 0.3) is 11.8 Å². The molecule has 138 valence electrons. The number of thioether (sulfide) groups is 1. The first-order valence-corrected chi connectivity index (χ1v) is 9.85. The number of para-hydroxylation sites is 1. The topological polar surface area (TPSA) is 62.6 Å². The van der Waals surface area contributed by atoms with Gasteiger partial charge >= 0.3 is 0 Å². The summed E-state index contributed by atoms with van der Waals surface area (Å²) in [6.07, 6.45) is 2.78. The van der Waals surface area contributed by atoms with E-state index in [1.807, 2.05) is 67.9 Å². The molecule has 26 heavy (non-hydrogen) atoms. The van der Waals surface area contributed by atoms with Gasteiger partial charge in [0, 0.05) is 11.4 Å². The zero-order chi connectivity index (χ0) is 18.8. The number of anilines is 1. The number of carbonyl (C=O) groups is 2. The number of hydrogen-bond donors (Lipinski definition) is 3. The third-order valence-corrected chi connectivity index (χ3v) is 4.68. The standard InChI is InChI=1S/C20H25N3O2S/c1-23(14-19(24)21-13-12-16-8-4-3-5-9-16)15-20(25)22-17-10-6-7-11-18(17)26-2/h3-11H,12-15H2,1-2H3,(H,21,24)(H,22,25)/p+1. The molecular formula is C20H26N3O2S+. The maximum atomic E-state index is 12.2. The predicted molar refractivity (Wildman–Crippen MR) is 107 cm³/mol. The largest absolute Gasteiger partial charge is 0.351 e. The van der Waals surface area contributed by atoms with Crippen molar-refractivity contribution in [1.82, 2.24) is 5.32 Å². The summed E-state index contributed by atoms with van der Waals surface area (Å²) in [7, 11) is 1.84. The Labute approximate surface area is 159 Å². The van der Waals surface area contributed by atoms with E-state index in [4.69, 9.17) is 0 Å². The lowest BCUT2D eigenvalue weighted by Gasteiger charge is -2.14. The van der Waals surface area contributed by atoms with Crippen LogP contribution in [-0.4, -0.2) is 44.8 Å². The van der Waals surface area contributed by atoms with Gasteiger partial charge in [-0.3, -0.25) is 9.59 Å². The molecule has 0 radical (unpaired) electrons. The fraction of sp³-hybridized carbons (Fsp3) is 0.300. The molecule has 0 spiro atoms. The van der Waals surface area contributed by atoms with Crippen molar-refractivity contribution in [3.8, 4) is 0 Å². The van der Waals surface area contributed by atoms with Crippen LogP contribution in [0.5, 0.6) is 0 Å². The van der Waals surface area contributed by atoms with E-state index in [0.717, 1.165) is 21.9 Å². The Morgan fingerprint density at radius 3 is 2.35 bits per heavy atom. The summed E-state index contributed by atoms with van der Waals surface area (Å²) < 4.78 is 0. The first kappa shape index (κ1) is 20.0. The van der Waals surface area contributed by atoms with E-state index < -0.39 is 0 Å².